The van der Waals surface area contributed by atoms with Crippen molar-refractivity contribution in [1.29, 1.82) is 0 Å². The predicted molar refractivity (Wildman–Crippen MR) is 83.7 cm³/mol. The Morgan fingerprint density at radius 1 is 1.38 bits per heavy atom. The average molecular weight is 371 g/mol. The second kappa shape index (κ2) is 6.19. The van der Waals surface area contributed by atoms with Crippen molar-refractivity contribution in [3.63, 3.8) is 0 Å². The molecule has 0 bridgehead atoms. The van der Waals surface area contributed by atoms with Crippen LogP contribution in [0, 0.1) is 0 Å². The van der Waals surface area contributed by atoms with Crippen molar-refractivity contribution in [3.8, 4) is 0 Å². The maximum atomic E-state index is 11.2. The minimum atomic E-state index is -0.953. The number of benzene rings is 1. The second-order valence-electron chi connectivity index (χ2n) is 5.49. The lowest BCUT2D eigenvalue weighted by atomic mass is 9.97. The van der Waals surface area contributed by atoms with Crippen molar-refractivity contribution >= 4 is 33.7 Å². The highest BCUT2D eigenvalue weighted by Gasteiger charge is 2.21. The Hall–Kier alpha value is -1.34. The van der Waals surface area contributed by atoms with Gasteiger partial charge in [-0.05, 0) is 18.2 Å². The van der Waals surface area contributed by atoms with E-state index in [1.165, 1.54) is 11.8 Å². The number of aromatic nitrogens is 2. The van der Waals surface area contributed by atoms with E-state index >= 15 is 0 Å². The molecule has 2 aromatic rings. The van der Waals surface area contributed by atoms with E-state index < -0.39 is 5.97 Å². The van der Waals surface area contributed by atoms with Crippen LogP contribution in [0.5, 0.6) is 0 Å². The van der Waals surface area contributed by atoms with Gasteiger partial charge in [-0.2, -0.15) is 0 Å². The van der Waals surface area contributed by atoms with Crippen LogP contribution in [0.2, 0.25) is 0 Å². The minimum Gasteiger partial charge on any atom is -0.478 e. The molecule has 1 aromatic heterocycles. The summed E-state index contributed by atoms with van der Waals surface area (Å²) in [5.74, 6) is 0.540. The smallest absolute Gasteiger partial charge is 0.336 e. The summed E-state index contributed by atoms with van der Waals surface area (Å²) in [5, 5.41) is 17.2. The summed E-state index contributed by atoms with van der Waals surface area (Å²) >= 11 is 4.70. The number of halogens is 1. The highest BCUT2D eigenvalue weighted by Crippen LogP contribution is 2.30. The van der Waals surface area contributed by atoms with E-state index in [0.29, 0.717) is 22.4 Å². The van der Waals surface area contributed by atoms with Gasteiger partial charge in [0.1, 0.15) is 0 Å². The van der Waals surface area contributed by atoms with E-state index in [9.17, 15) is 9.90 Å². The molecule has 0 aliphatic carbocycles. The predicted octanol–water partition coefficient (Wildman–Crippen LogP) is 4.12. The Morgan fingerprint density at radius 2 is 2.10 bits per heavy atom. The molecule has 5 nitrogen and oxygen atoms in total. The van der Waals surface area contributed by atoms with Gasteiger partial charge in [0, 0.05) is 14.8 Å². The van der Waals surface area contributed by atoms with Gasteiger partial charge in [-0.25, -0.2) is 4.79 Å². The lowest BCUT2D eigenvalue weighted by Gasteiger charge is -2.11. The van der Waals surface area contributed by atoms with Crippen molar-refractivity contribution in [2.45, 2.75) is 36.8 Å². The Kier molecular flexibility index (Phi) is 4.73. The van der Waals surface area contributed by atoms with Gasteiger partial charge in [0.25, 0.3) is 0 Å². The fourth-order valence-corrected chi connectivity index (χ4v) is 2.98. The van der Waals surface area contributed by atoms with Crippen molar-refractivity contribution in [1.82, 2.24) is 10.2 Å². The van der Waals surface area contributed by atoms with Crippen LogP contribution in [0.15, 0.2) is 32.0 Å². The van der Waals surface area contributed by atoms with Crippen LogP contribution < -0.4 is 0 Å². The number of carbonyl (C=O) groups is 1. The molecule has 21 heavy (non-hydrogen) atoms. The number of carboxylic acid groups (broad SMARTS) is 1. The third-order valence-electron chi connectivity index (χ3n) is 2.63. The first-order chi connectivity index (χ1) is 9.77. The van der Waals surface area contributed by atoms with E-state index in [1.54, 1.807) is 18.2 Å². The molecule has 0 atom stereocenters. The summed E-state index contributed by atoms with van der Waals surface area (Å²) in [6.45, 7) is 5.98. The Labute approximate surface area is 135 Å². The number of nitrogens with zero attached hydrogens (tertiary/aromatic N) is 2. The van der Waals surface area contributed by atoms with Gasteiger partial charge in [0.05, 0.1) is 11.3 Å². The third-order valence-corrected chi connectivity index (χ3v) is 4.17. The molecule has 112 valence electrons. The molecule has 1 aromatic carbocycles. The highest BCUT2D eigenvalue weighted by atomic mass is 79.9. The molecule has 7 heteroatoms. The number of hydrogen-bond acceptors (Lipinski definition) is 5. The molecule has 1 N–H and O–H groups in total. The largest absolute Gasteiger partial charge is 0.478 e. The number of thioether (sulfide) groups is 1. The quantitative estimate of drug-likeness (QED) is 0.815. The van der Waals surface area contributed by atoms with Gasteiger partial charge in [-0.15, -0.1) is 22.0 Å². The van der Waals surface area contributed by atoms with Crippen LogP contribution in [0.3, 0.4) is 0 Å². The molecule has 2 rings (SSSR count). The maximum Gasteiger partial charge on any atom is 0.336 e. The van der Waals surface area contributed by atoms with Gasteiger partial charge in [-0.1, -0.05) is 36.7 Å². The van der Waals surface area contributed by atoms with E-state index in [0.717, 1.165) is 4.47 Å². The van der Waals surface area contributed by atoms with Crippen molar-refractivity contribution < 1.29 is 14.3 Å². The van der Waals surface area contributed by atoms with Crippen LogP contribution in [-0.4, -0.2) is 21.3 Å². The van der Waals surface area contributed by atoms with Gasteiger partial charge in [-0.3, -0.25) is 0 Å². The molecular weight excluding hydrogens is 356 g/mol. The fourth-order valence-electron chi connectivity index (χ4n) is 1.55. The van der Waals surface area contributed by atoms with E-state index in [4.69, 9.17) is 4.42 Å². The highest BCUT2D eigenvalue weighted by molar-refractivity contribution is 9.10. The lowest BCUT2D eigenvalue weighted by Crippen LogP contribution is -2.11. The molecule has 0 aliphatic rings. The molecule has 0 radical (unpaired) electrons. The van der Waals surface area contributed by atoms with E-state index in [1.807, 2.05) is 20.8 Å². The maximum absolute atomic E-state index is 11.2. The molecule has 1 heterocycles. The molecule has 0 spiro atoms. The molecule has 0 fully saturated rings. The normalized spacial score (nSPS) is 11.6. The summed E-state index contributed by atoms with van der Waals surface area (Å²) < 4.78 is 6.43. The van der Waals surface area contributed by atoms with Gasteiger partial charge < -0.3 is 9.52 Å². The van der Waals surface area contributed by atoms with Gasteiger partial charge in [0.15, 0.2) is 0 Å². The molecular formula is C14H15BrN2O3S. The van der Waals surface area contributed by atoms with Crippen molar-refractivity contribution in [2.75, 3.05) is 0 Å². The zero-order valence-corrected chi connectivity index (χ0v) is 14.3. The van der Waals surface area contributed by atoms with Crippen LogP contribution in [0.25, 0.3) is 0 Å². The zero-order valence-electron chi connectivity index (χ0n) is 11.9. The monoisotopic (exact) mass is 370 g/mol. The summed E-state index contributed by atoms with van der Waals surface area (Å²) in [6.07, 6.45) is 0. The molecule has 0 unspecified atom stereocenters. The first kappa shape index (κ1) is 16.0. The molecule has 0 saturated heterocycles. The van der Waals surface area contributed by atoms with Crippen LogP contribution in [0.1, 0.15) is 42.9 Å². The fraction of sp³-hybridized carbons (Fsp3) is 0.357. The standard InChI is InChI=1S/C14H15BrN2O3S/c1-14(2,3)13-17-16-11(20-13)7-21-10-6-8(15)4-5-9(10)12(18)19/h4-6H,7H2,1-3H3,(H,18,19). The first-order valence-electron chi connectivity index (χ1n) is 6.26. The first-order valence-corrected chi connectivity index (χ1v) is 8.04. The van der Waals surface area contributed by atoms with E-state index in [-0.39, 0.29) is 11.0 Å². The van der Waals surface area contributed by atoms with Crippen LogP contribution in [-0.2, 0) is 11.2 Å². The number of aromatic carboxylic acids is 1. The van der Waals surface area contributed by atoms with Gasteiger partial charge in [0.2, 0.25) is 11.8 Å². The molecule has 0 aliphatic heterocycles. The summed E-state index contributed by atoms with van der Waals surface area (Å²) in [4.78, 5) is 11.9. The Morgan fingerprint density at radius 3 is 2.67 bits per heavy atom. The Balaban J connectivity index is 2.15. The van der Waals surface area contributed by atoms with Gasteiger partial charge >= 0.3 is 5.97 Å². The van der Waals surface area contributed by atoms with Crippen LogP contribution >= 0.6 is 27.7 Å². The summed E-state index contributed by atoms with van der Waals surface area (Å²) in [5.41, 5.74) is 0.0662. The number of rotatable bonds is 4. The number of carboxylic acids is 1. The molecule has 0 saturated carbocycles. The average Bonchev–Trinajstić information content (AvgIpc) is 2.84. The second-order valence-corrected chi connectivity index (χ2v) is 7.42. The number of hydrogen-bond donors (Lipinski definition) is 1. The summed E-state index contributed by atoms with van der Waals surface area (Å²) in [6, 6.07) is 5.05. The SMILES string of the molecule is CC(C)(C)c1nnc(CSc2cc(Br)ccc2C(=O)O)o1. The van der Waals surface area contributed by atoms with E-state index in [2.05, 4.69) is 26.1 Å². The van der Waals surface area contributed by atoms with Crippen LogP contribution in [0.4, 0.5) is 0 Å². The minimum absolute atomic E-state index is 0.197. The topological polar surface area (TPSA) is 76.2 Å². The summed E-state index contributed by atoms with van der Waals surface area (Å²) in [7, 11) is 0. The Bertz CT molecular complexity index is 664. The van der Waals surface area contributed by atoms with Crippen molar-refractivity contribution in [3.05, 3.63) is 40.0 Å². The van der Waals surface area contributed by atoms with Crippen molar-refractivity contribution in [2.24, 2.45) is 0 Å². The third kappa shape index (κ3) is 4.07. The zero-order chi connectivity index (χ0) is 15.6. The lowest BCUT2D eigenvalue weighted by molar-refractivity contribution is 0.0693. The molecule has 0 amide bonds.